The second-order valence-electron chi connectivity index (χ2n) is 19.2. The Morgan fingerprint density at radius 1 is 0.230 bits per heavy atom. The van der Waals surface area contributed by atoms with Gasteiger partial charge in [-0.2, -0.15) is 0 Å². The van der Waals surface area contributed by atoms with Crippen molar-refractivity contribution in [2.75, 3.05) is 4.90 Å². The number of fused-ring (bicyclic) bond motifs is 5. The molecule has 0 aliphatic heterocycles. The van der Waals surface area contributed by atoms with Crippen molar-refractivity contribution in [1.82, 2.24) is 4.57 Å². The maximum atomic E-state index is 2.52. The number of nitrogens with zero attached hydrogens (tertiary/aromatic N) is 2. The summed E-state index contributed by atoms with van der Waals surface area (Å²) in [6.07, 6.45) is 0. The Balaban J connectivity index is 1.08. The van der Waals surface area contributed by atoms with Crippen molar-refractivity contribution in [3.8, 4) is 61.5 Å². The number of benzene rings is 13. The van der Waals surface area contributed by atoms with Crippen molar-refractivity contribution in [2.45, 2.75) is 0 Å². The fourth-order valence-corrected chi connectivity index (χ4v) is 11.5. The Kier molecular flexibility index (Phi) is 10.6. The first kappa shape index (κ1) is 43.1. The Bertz CT molecular complexity index is 4370. The minimum absolute atomic E-state index is 1.08. The SMILES string of the molecule is c1ccc(-c2c3cc(-c4ccc5ccccc5c4)ccc3c(-c3ccccc3)c3cc4c(cc23)c(-c2ccccc2)c(-c2ccccc2)n4-c2ccc(N(c3ccccc3)c3ccc4ccccc4c3)cc2)cc1. The highest BCUT2D eigenvalue weighted by Crippen LogP contribution is 2.50. The predicted molar refractivity (Wildman–Crippen MR) is 315 cm³/mol. The molecule has 0 amide bonds. The van der Waals surface area contributed by atoms with E-state index in [0.717, 1.165) is 39.5 Å². The molecular weight excluding hydrogens is 893 g/mol. The molecule has 0 atom stereocenters. The zero-order valence-electron chi connectivity index (χ0n) is 40.6. The van der Waals surface area contributed by atoms with Crippen LogP contribution in [0.4, 0.5) is 17.1 Å². The van der Waals surface area contributed by atoms with E-state index >= 15 is 0 Å². The van der Waals surface area contributed by atoms with Gasteiger partial charge in [-0.3, -0.25) is 0 Å². The molecule has 0 bridgehead atoms. The molecule has 0 saturated heterocycles. The number of anilines is 3. The molecule has 0 radical (unpaired) electrons. The van der Waals surface area contributed by atoms with Crippen LogP contribution >= 0.6 is 0 Å². The predicted octanol–water partition coefficient (Wildman–Crippen LogP) is 20.0. The van der Waals surface area contributed by atoms with Crippen molar-refractivity contribution in [3.05, 3.63) is 291 Å². The van der Waals surface area contributed by atoms with Gasteiger partial charge in [0.2, 0.25) is 0 Å². The lowest BCUT2D eigenvalue weighted by Crippen LogP contribution is -2.10. The van der Waals surface area contributed by atoms with E-state index in [9.17, 15) is 0 Å². The lowest BCUT2D eigenvalue weighted by Gasteiger charge is -2.26. The Labute approximate surface area is 430 Å². The van der Waals surface area contributed by atoms with Crippen LogP contribution in [0.25, 0.3) is 115 Å². The van der Waals surface area contributed by atoms with E-state index in [-0.39, 0.29) is 0 Å². The average Bonchev–Trinajstić information content (AvgIpc) is 3.82. The molecule has 2 nitrogen and oxygen atoms in total. The highest BCUT2D eigenvalue weighted by atomic mass is 15.1. The first-order valence-electron chi connectivity index (χ1n) is 25.5. The van der Waals surface area contributed by atoms with Crippen LogP contribution in [0.3, 0.4) is 0 Å². The molecule has 0 unspecified atom stereocenters. The summed E-state index contributed by atoms with van der Waals surface area (Å²) in [5.74, 6) is 0. The molecule has 1 heterocycles. The van der Waals surface area contributed by atoms with Crippen LogP contribution in [-0.2, 0) is 0 Å². The molecule has 0 fully saturated rings. The second kappa shape index (κ2) is 18.1. The first-order chi connectivity index (χ1) is 36.7. The molecule has 14 rings (SSSR count). The smallest absolute Gasteiger partial charge is 0.0619 e. The van der Waals surface area contributed by atoms with Crippen LogP contribution in [0.2, 0.25) is 0 Å². The van der Waals surface area contributed by atoms with Crippen LogP contribution in [0, 0.1) is 0 Å². The van der Waals surface area contributed by atoms with Gasteiger partial charge in [-0.05, 0) is 160 Å². The Hall–Kier alpha value is -9.76. The zero-order valence-corrected chi connectivity index (χ0v) is 40.6. The largest absolute Gasteiger partial charge is 0.310 e. The van der Waals surface area contributed by atoms with E-state index in [0.29, 0.717) is 0 Å². The third kappa shape index (κ3) is 7.43. The van der Waals surface area contributed by atoms with Crippen molar-refractivity contribution in [3.63, 3.8) is 0 Å². The molecule has 0 aliphatic carbocycles. The molecular formula is C72H48N2. The van der Waals surface area contributed by atoms with Gasteiger partial charge in [0.15, 0.2) is 0 Å². The first-order valence-corrected chi connectivity index (χ1v) is 25.5. The number of hydrogen-bond donors (Lipinski definition) is 0. The molecule has 0 saturated carbocycles. The third-order valence-corrected chi connectivity index (χ3v) is 14.9. The normalized spacial score (nSPS) is 11.5. The zero-order chi connectivity index (χ0) is 49.0. The molecule has 1 aromatic heterocycles. The minimum Gasteiger partial charge on any atom is -0.310 e. The summed E-state index contributed by atoms with van der Waals surface area (Å²) >= 11 is 0. The van der Waals surface area contributed by atoms with Crippen LogP contribution in [0.1, 0.15) is 0 Å². The highest BCUT2D eigenvalue weighted by Gasteiger charge is 2.26. The third-order valence-electron chi connectivity index (χ3n) is 14.9. The lowest BCUT2D eigenvalue weighted by atomic mass is 9.84. The Morgan fingerprint density at radius 2 is 0.662 bits per heavy atom. The summed E-state index contributed by atoms with van der Waals surface area (Å²) in [7, 11) is 0. The van der Waals surface area contributed by atoms with Gasteiger partial charge >= 0.3 is 0 Å². The van der Waals surface area contributed by atoms with Crippen LogP contribution in [0.5, 0.6) is 0 Å². The van der Waals surface area contributed by atoms with Crippen molar-refractivity contribution < 1.29 is 0 Å². The van der Waals surface area contributed by atoms with E-state index in [4.69, 9.17) is 0 Å². The number of rotatable bonds is 9. The summed E-state index contributed by atoms with van der Waals surface area (Å²) in [5.41, 5.74) is 17.4. The highest BCUT2D eigenvalue weighted by molar-refractivity contribution is 6.25. The van der Waals surface area contributed by atoms with Gasteiger partial charge in [0.05, 0.1) is 11.2 Å². The van der Waals surface area contributed by atoms with Gasteiger partial charge in [-0.1, -0.05) is 218 Å². The fraction of sp³-hybridized carbons (Fsp3) is 0. The topological polar surface area (TPSA) is 8.17 Å². The summed E-state index contributed by atoms with van der Waals surface area (Å²) < 4.78 is 2.52. The van der Waals surface area contributed by atoms with Crippen molar-refractivity contribution >= 4 is 71.1 Å². The van der Waals surface area contributed by atoms with Crippen LogP contribution in [-0.4, -0.2) is 4.57 Å². The lowest BCUT2D eigenvalue weighted by molar-refractivity contribution is 1.13. The fourth-order valence-electron chi connectivity index (χ4n) is 11.5. The van der Waals surface area contributed by atoms with E-state index in [2.05, 4.69) is 301 Å². The molecule has 2 heteroatoms. The maximum Gasteiger partial charge on any atom is 0.0619 e. The number of para-hydroxylation sites is 1. The van der Waals surface area contributed by atoms with E-state index in [1.807, 2.05) is 0 Å². The standard InChI is InChI=1S/C72H48N2/c1-6-22-51(23-7-1)69-63-43-37-58(57-35-34-49-20-16-18-30-55(49)44-57)46-64(63)70(52-24-8-2-9-25-52)65-47-67-68(48-66(65)69)74(72(54-28-12-4-13-29-54)71(67)53-26-10-3-11-27-53)61-41-39-60(40-42-61)73(59-32-14-5-15-33-59)62-38-36-50-21-17-19-31-56(50)45-62/h1-48H. The molecule has 0 N–H and O–H groups in total. The second-order valence-corrected chi connectivity index (χ2v) is 19.2. The molecule has 14 aromatic rings. The van der Waals surface area contributed by atoms with Gasteiger partial charge in [-0.25, -0.2) is 0 Å². The monoisotopic (exact) mass is 940 g/mol. The molecule has 0 spiro atoms. The maximum absolute atomic E-state index is 2.52. The Morgan fingerprint density at radius 3 is 1.28 bits per heavy atom. The van der Waals surface area contributed by atoms with Gasteiger partial charge in [0, 0.05) is 33.7 Å². The van der Waals surface area contributed by atoms with Crippen LogP contribution in [0.15, 0.2) is 291 Å². The summed E-state index contributed by atoms with van der Waals surface area (Å²) in [6.45, 7) is 0. The molecule has 13 aromatic carbocycles. The van der Waals surface area contributed by atoms with Crippen LogP contribution < -0.4 is 4.90 Å². The summed E-state index contributed by atoms with van der Waals surface area (Å²) in [5, 5.41) is 11.0. The quantitative estimate of drug-likeness (QED) is 0.131. The van der Waals surface area contributed by atoms with E-state index < -0.39 is 0 Å². The number of hydrogen-bond acceptors (Lipinski definition) is 1. The van der Waals surface area contributed by atoms with Crippen molar-refractivity contribution in [2.24, 2.45) is 0 Å². The van der Waals surface area contributed by atoms with E-state index in [1.165, 1.54) is 93.0 Å². The average molecular weight is 941 g/mol. The summed E-state index contributed by atoms with van der Waals surface area (Å²) in [6, 6.07) is 107. The van der Waals surface area contributed by atoms with Gasteiger partial charge in [0.25, 0.3) is 0 Å². The number of aromatic nitrogens is 1. The van der Waals surface area contributed by atoms with Crippen molar-refractivity contribution in [1.29, 1.82) is 0 Å². The molecule has 0 aliphatic rings. The van der Waals surface area contributed by atoms with Gasteiger partial charge < -0.3 is 9.47 Å². The molecule has 74 heavy (non-hydrogen) atoms. The summed E-state index contributed by atoms with van der Waals surface area (Å²) in [4.78, 5) is 2.36. The van der Waals surface area contributed by atoms with Gasteiger partial charge in [0.1, 0.15) is 0 Å². The van der Waals surface area contributed by atoms with Gasteiger partial charge in [-0.15, -0.1) is 0 Å². The van der Waals surface area contributed by atoms with E-state index in [1.54, 1.807) is 0 Å². The molecule has 346 valence electrons. The minimum atomic E-state index is 1.08.